The summed E-state index contributed by atoms with van der Waals surface area (Å²) in [5, 5.41) is 1.31. The van der Waals surface area contributed by atoms with Crippen LogP contribution in [0.2, 0.25) is 0 Å². The van der Waals surface area contributed by atoms with E-state index in [0.717, 1.165) is 0 Å². The number of rotatable bonds is 0. The summed E-state index contributed by atoms with van der Waals surface area (Å²) in [4.78, 5) is 3.51. The van der Waals surface area contributed by atoms with Crippen molar-refractivity contribution in [2.75, 3.05) is 0 Å². The van der Waals surface area contributed by atoms with Crippen molar-refractivity contribution in [3.8, 4) is 0 Å². The molecular weight excluding hydrogens is 146 g/mol. The molecule has 0 aliphatic carbocycles. The molecule has 0 radical (unpaired) electrons. The van der Waals surface area contributed by atoms with Gasteiger partial charge in [0.05, 0.1) is 5.55 Å². The summed E-state index contributed by atoms with van der Waals surface area (Å²) in [5.74, 6) is 0. The fraction of sp³-hybridized carbons (Fsp3) is 0. The third-order valence-electron chi connectivity index (χ3n) is 0.651. The van der Waals surface area contributed by atoms with Crippen LogP contribution >= 0.6 is 0 Å². The summed E-state index contributed by atoms with van der Waals surface area (Å²) in [6.45, 7) is 0. The van der Waals surface area contributed by atoms with Crippen LogP contribution in [0, 0.1) is 0 Å². The van der Waals surface area contributed by atoms with E-state index in [4.69, 9.17) is 0 Å². The molecule has 0 spiro atoms. The topological polar surface area (TPSA) is 46.5 Å². The number of nitrogens with zero attached hydrogens (tertiary/aromatic N) is 1. The molecule has 44 valence electrons. The largest absolute Gasteiger partial charge is 0.254 e. The molecule has 5 heteroatoms. The van der Waals surface area contributed by atoms with Crippen molar-refractivity contribution in [2.24, 2.45) is 4.99 Å². The first-order valence-corrected chi connectivity index (χ1v) is 4.76. The van der Waals surface area contributed by atoms with E-state index >= 15 is 0 Å². The van der Waals surface area contributed by atoms with Crippen molar-refractivity contribution in [1.29, 1.82) is 0 Å². The molecule has 1 rings (SSSR count). The molecule has 1 atom stereocenters. The van der Waals surface area contributed by atoms with Gasteiger partial charge in [-0.2, -0.15) is 0 Å². The molecular formula is C3H3NO2S2. The van der Waals surface area contributed by atoms with Gasteiger partial charge in [0.25, 0.3) is 0 Å². The van der Waals surface area contributed by atoms with E-state index < -0.39 is 8.49 Å². The van der Waals surface area contributed by atoms with E-state index in [1.807, 2.05) is 0 Å². The Morgan fingerprint density at radius 2 is 2.38 bits per heavy atom. The maximum atomic E-state index is 10.8. The summed E-state index contributed by atoms with van der Waals surface area (Å²) in [6.07, 6.45) is 1.37. The van der Waals surface area contributed by atoms with Crippen molar-refractivity contribution in [3.05, 3.63) is 11.6 Å². The fourth-order valence-electron chi connectivity index (χ4n) is 0.315. The lowest BCUT2D eigenvalue weighted by Gasteiger charge is -1.75. The first-order valence-electron chi connectivity index (χ1n) is 1.82. The zero-order chi connectivity index (χ0) is 6.04. The van der Waals surface area contributed by atoms with E-state index in [1.165, 1.54) is 17.2 Å². The van der Waals surface area contributed by atoms with E-state index in [2.05, 4.69) is 4.99 Å². The minimum atomic E-state index is -2.40. The first-order chi connectivity index (χ1) is 3.77. The highest BCUT2D eigenvalue weighted by Gasteiger charge is 2.00. The maximum absolute atomic E-state index is 10.8. The summed E-state index contributed by atoms with van der Waals surface area (Å²) < 4.78 is 20.7. The van der Waals surface area contributed by atoms with Gasteiger partial charge < -0.3 is 0 Å². The van der Waals surface area contributed by atoms with Crippen LogP contribution in [0.1, 0.15) is 0 Å². The van der Waals surface area contributed by atoms with Gasteiger partial charge in [-0.3, -0.25) is 4.99 Å². The van der Waals surface area contributed by atoms with E-state index in [9.17, 15) is 8.42 Å². The van der Waals surface area contributed by atoms with Gasteiger partial charge in [-0.15, -0.1) is 0 Å². The molecule has 1 heterocycles. The Balaban J connectivity index is 3.45. The van der Waals surface area contributed by atoms with Crippen LogP contribution in [0.3, 0.4) is 0 Å². The molecule has 0 aromatic rings. The summed E-state index contributed by atoms with van der Waals surface area (Å²) in [7, 11) is -2.33. The molecule has 8 heavy (non-hydrogen) atoms. The average molecular weight is 149 g/mol. The Kier molecular flexibility index (Phi) is 1.31. The van der Waals surface area contributed by atoms with Gasteiger partial charge in [0.15, 0.2) is 10.2 Å². The zero-order valence-corrected chi connectivity index (χ0v) is 5.45. The minimum absolute atomic E-state index is 0.0764. The number of aliphatic imine (C=N–C) groups is 1. The van der Waals surface area contributed by atoms with E-state index in [-0.39, 0.29) is 10.2 Å². The molecule has 1 aliphatic heterocycles. The van der Waals surface area contributed by atoms with Crippen molar-refractivity contribution >= 4 is 24.3 Å². The second-order valence-electron chi connectivity index (χ2n) is 1.20. The third-order valence-corrected chi connectivity index (χ3v) is 3.01. The Bertz CT molecular complexity index is 248. The van der Waals surface area contributed by atoms with Crippen LogP contribution in [-0.4, -0.2) is 14.0 Å². The molecule has 0 aromatic heterocycles. The second kappa shape index (κ2) is 1.83. The van der Waals surface area contributed by atoms with Gasteiger partial charge >= 0.3 is 0 Å². The van der Waals surface area contributed by atoms with E-state index in [0.29, 0.717) is 0 Å². The lowest BCUT2D eigenvalue weighted by atomic mass is 11.1. The van der Waals surface area contributed by atoms with Crippen LogP contribution in [0.4, 0.5) is 0 Å². The van der Waals surface area contributed by atoms with E-state index in [1.54, 1.807) is 0 Å². The van der Waals surface area contributed by atoms with Crippen LogP contribution in [0.5, 0.6) is 0 Å². The summed E-state index contributed by atoms with van der Waals surface area (Å²) in [6, 6.07) is 0. The first kappa shape index (κ1) is 5.71. The summed E-state index contributed by atoms with van der Waals surface area (Å²) in [5.41, 5.74) is 1.17. The van der Waals surface area contributed by atoms with Crippen molar-refractivity contribution in [1.82, 2.24) is 0 Å². The number of hydrogen-bond donors (Lipinski definition) is 0. The molecule has 0 fully saturated rings. The molecule has 0 saturated heterocycles. The Morgan fingerprint density at radius 3 is 2.62 bits per heavy atom. The Morgan fingerprint density at radius 1 is 1.62 bits per heavy atom. The quantitative estimate of drug-likeness (QED) is 0.483. The monoisotopic (exact) mass is 149 g/mol. The smallest absolute Gasteiger partial charge is 0.160 e. The SMILES string of the molecule is O=S=S1(=O)C=CN=C1. The molecule has 0 aromatic carbocycles. The molecule has 0 bridgehead atoms. The molecule has 1 aliphatic rings. The normalized spacial score (nSPS) is 33.5. The van der Waals surface area contributed by atoms with Crippen molar-refractivity contribution in [3.63, 3.8) is 0 Å². The number of hydrogen-bond acceptors (Lipinski definition) is 3. The van der Waals surface area contributed by atoms with Gasteiger partial charge in [0.2, 0.25) is 0 Å². The standard InChI is InChI=1S/C3H3NO2S2/c5-7-8(6)2-1-4-3-8/h1-3H. The Labute approximate surface area is 49.9 Å². The molecule has 0 amide bonds. The van der Waals surface area contributed by atoms with Crippen LogP contribution in [0.25, 0.3) is 0 Å². The van der Waals surface area contributed by atoms with Gasteiger partial charge in [0, 0.05) is 11.6 Å². The average Bonchev–Trinajstić information content (AvgIpc) is 2.17. The van der Waals surface area contributed by atoms with Gasteiger partial charge in [-0.1, -0.05) is 0 Å². The van der Waals surface area contributed by atoms with Crippen LogP contribution in [0.15, 0.2) is 16.6 Å². The summed E-state index contributed by atoms with van der Waals surface area (Å²) >= 11 is 0. The minimum Gasteiger partial charge on any atom is -0.254 e. The lowest BCUT2D eigenvalue weighted by molar-refractivity contribution is 0.687. The third kappa shape index (κ3) is 0.873. The van der Waals surface area contributed by atoms with Gasteiger partial charge in [-0.25, -0.2) is 8.42 Å². The second-order valence-corrected chi connectivity index (χ2v) is 4.97. The fourth-order valence-corrected chi connectivity index (χ4v) is 1.49. The highest BCUT2D eigenvalue weighted by Crippen LogP contribution is 1.97. The van der Waals surface area contributed by atoms with Crippen molar-refractivity contribution in [2.45, 2.75) is 0 Å². The molecule has 1 unspecified atom stereocenters. The lowest BCUT2D eigenvalue weighted by Crippen LogP contribution is -1.88. The van der Waals surface area contributed by atoms with Crippen LogP contribution < -0.4 is 0 Å². The van der Waals surface area contributed by atoms with Gasteiger partial charge in [0.1, 0.15) is 8.49 Å². The molecule has 3 nitrogen and oxygen atoms in total. The Hall–Kier alpha value is -0.420. The van der Waals surface area contributed by atoms with Gasteiger partial charge in [-0.05, 0) is 0 Å². The maximum Gasteiger partial charge on any atom is 0.160 e. The highest BCUT2D eigenvalue weighted by atomic mass is 32.9. The zero-order valence-electron chi connectivity index (χ0n) is 3.81. The van der Waals surface area contributed by atoms with Crippen LogP contribution in [-0.2, 0) is 18.7 Å². The predicted molar refractivity (Wildman–Crippen MR) is 33.9 cm³/mol. The molecule has 0 saturated carbocycles. The van der Waals surface area contributed by atoms with Crippen molar-refractivity contribution < 1.29 is 8.42 Å². The highest BCUT2D eigenvalue weighted by molar-refractivity contribution is 8.44. The molecule has 0 N–H and O–H groups in total. The predicted octanol–water partition coefficient (Wildman–Crippen LogP) is -0.0881.